The van der Waals surface area contributed by atoms with Crippen LogP contribution < -0.4 is 15.5 Å². The molecule has 4 heterocycles. The number of hydrogen-bond donors (Lipinski definition) is 2. The van der Waals surface area contributed by atoms with Crippen molar-refractivity contribution >= 4 is 50.2 Å². The van der Waals surface area contributed by atoms with E-state index in [2.05, 4.69) is 68.7 Å². The van der Waals surface area contributed by atoms with Crippen molar-refractivity contribution in [3.8, 4) is 0 Å². The van der Waals surface area contributed by atoms with Gasteiger partial charge in [0.1, 0.15) is 22.0 Å². The average molecular weight is 531 g/mol. The van der Waals surface area contributed by atoms with Crippen LogP contribution in [-0.4, -0.2) is 77.6 Å². The lowest BCUT2D eigenvalue weighted by Gasteiger charge is -2.34. The molecule has 2 N–H and O–H groups in total. The molecule has 0 radical (unpaired) electrons. The molecule has 38 heavy (non-hydrogen) atoms. The zero-order chi connectivity index (χ0) is 26.5. The van der Waals surface area contributed by atoms with E-state index in [1.807, 2.05) is 30.3 Å². The van der Waals surface area contributed by atoms with Crippen LogP contribution >= 0.6 is 11.3 Å². The van der Waals surface area contributed by atoms with Crippen molar-refractivity contribution in [3.05, 3.63) is 65.9 Å². The van der Waals surface area contributed by atoms with E-state index < -0.39 is 0 Å². The average Bonchev–Trinajstić information content (AvgIpc) is 3.34. The molecular weight excluding hydrogens is 496 g/mol. The second-order valence-corrected chi connectivity index (χ2v) is 10.5. The predicted octanol–water partition coefficient (Wildman–Crippen LogP) is 4.80. The second kappa shape index (κ2) is 11.7. The van der Waals surface area contributed by atoms with E-state index in [0.717, 1.165) is 78.4 Å². The molecule has 4 aromatic rings. The third kappa shape index (κ3) is 6.20. The third-order valence-corrected chi connectivity index (χ3v) is 7.76. The van der Waals surface area contributed by atoms with E-state index in [-0.39, 0.29) is 6.03 Å². The number of hydrogen-bond acceptors (Lipinski definition) is 8. The highest BCUT2D eigenvalue weighted by atomic mass is 32.1. The Bertz CT molecular complexity index is 1380. The Morgan fingerprint density at radius 3 is 2.61 bits per heavy atom. The molecule has 0 saturated carbocycles. The number of anilines is 4. The molecule has 0 unspecified atom stereocenters. The summed E-state index contributed by atoms with van der Waals surface area (Å²) in [5.74, 6) is 1.67. The molecule has 3 aromatic heterocycles. The van der Waals surface area contributed by atoms with Gasteiger partial charge < -0.3 is 20.4 Å². The second-order valence-electron chi connectivity index (χ2n) is 9.57. The first-order valence-electron chi connectivity index (χ1n) is 13.0. The molecule has 0 spiro atoms. The number of urea groups is 1. The fourth-order valence-electron chi connectivity index (χ4n) is 4.60. The van der Waals surface area contributed by atoms with Gasteiger partial charge in [-0.1, -0.05) is 29.0 Å². The maximum absolute atomic E-state index is 11.8. The number of thiazole rings is 1. The van der Waals surface area contributed by atoms with Gasteiger partial charge in [0.2, 0.25) is 0 Å². The SMILES string of the molecule is CNC(=O)N1CCN(CCCc2ccnc(Nc3nc4ccc(N(C)c5ccc(C)cc5)nc4s3)c2)CC1. The van der Waals surface area contributed by atoms with Crippen LogP contribution in [0.15, 0.2) is 54.7 Å². The number of nitrogens with one attached hydrogen (secondary N) is 2. The minimum absolute atomic E-state index is 0.0143. The largest absolute Gasteiger partial charge is 0.341 e. The molecule has 198 valence electrons. The molecule has 9 nitrogen and oxygen atoms in total. The topological polar surface area (TPSA) is 89.5 Å². The molecule has 1 saturated heterocycles. The van der Waals surface area contributed by atoms with Gasteiger partial charge in [-0.2, -0.15) is 0 Å². The number of benzene rings is 1. The summed E-state index contributed by atoms with van der Waals surface area (Å²) in [6.07, 6.45) is 3.88. The highest BCUT2D eigenvalue weighted by molar-refractivity contribution is 7.21. The zero-order valence-electron chi connectivity index (χ0n) is 22.1. The molecule has 5 rings (SSSR count). The first-order chi connectivity index (χ1) is 18.5. The number of aryl methyl sites for hydroxylation is 2. The standard InChI is InChI=1S/C28H34N8OS/c1-20-6-8-22(9-7-20)34(3)25-11-10-23-26(33-25)38-27(31-23)32-24-19-21(12-13-30-24)5-4-14-35-15-17-36(18-16-35)28(37)29-2/h6-13,19H,4-5,14-18H2,1-3H3,(H,29,37)(H,30,31,32). The fourth-order valence-corrected chi connectivity index (χ4v) is 5.44. The van der Waals surface area contributed by atoms with Gasteiger partial charge >= 0.3 is 6.03 Å². The molecule has 1 aromatic carbocycles. The van der Waals surface area contributed by atoms with Crippen LogP contribution in [0.4, 0.5) is 27.2 Å². The Kier molecular flexibility index (Phi) is 8.00. The summed E-state index contributed by atoms with van der Waals surface area (Å²) >= 11 is 1.53. The normalized spacial score (nSPS) is 14.0. The lowest BCUT2D eigenvalue weighted by molar-refractivity contribution is 0.140. The van der Waals surface area contributed by atoms with Crippen LogP contribution in [0.1, 0.15) is 17.5 Å². The minimum Gasteiger partial charge on any atom is -0.341 e. The van der Waals surface area contributed by atoms with E-state index in [9.17, 15) is 4.79 Å². The molecule has 1 fully saturated rings. The molecule has 1 aliphatic rings. The predicted molar refractivity (Wildman–Crippen MR) is 155 cm³/mol. The fraction of sp³-hybridized carbons (Fsp3) is 0.357. The molecule has 0 bridgehead atoms. The van der Waals surface area contributed by atoms with Crippen LogP contribution in [-0.2, 0) is 6.42 Å². The van der Waals surface area contributed by atoms with Crippen molar-refractivity contribution < 1.29 is 4.79 Å². The summed E-state index contributed by atoms with van der Waals surface area (Å²) in [6.45, 7) is 6.52. The van der Waals surface area contributed by atoms with Gasteiger partial charge in [0.15, 0.2) is 5.13 Å². The van der Waals surface area contributed by atoms with Crippen molar-refractivity contribution in [3.63, 3.8) is 0 Å². The summed E-state index contributed by atoms with van der Waals surface area (Å²) in [5.41, 5.74) is 4.44. The number of fused-ring (bicyclic) bond motifs is 1. The first-order valence-corrected chi connectivity index (χ1v) is 13.8. The van der Waals surface area contributed by atoms with Crippen molar-refractivity contribution in [2.45, 2.75) is 19.8 Å². The third-order valence-electron chi connectivity index (χ3n) is 6.88. The summed E-state index contributed by atoms with van der Waals surface area (Å²) in [4.78, 5) is 33.1. The minimum atomic E-state index is 0.0143. The van der Waals surface area contributed by atoms with Crippen molar-refractivity contribution in [1.29, 1.82) is 0 Å². The van der Waals surface area contributed by atoms with E-state index in [4.69, 9.17) is 9.97 Å². The Labute approximate surface area is 227 Å². The summed E-state index contributed by atoms with van der Waals surface area (Å²) in [5, 5.41) is 6.86. The lowest BCUT2D eigenvalue weighted by Crippen LogP contribution is -2.51. The number of rotatable bonds is 8. The molecule has 2 amide bonds. The molecule has 10 heteroatoms. The Morgan fingerprint density at radius 1 is 1.05 bits per heavy atom. The van der Waals surface area contributed by atoms with Crippen molar-refractivity contribution in [1.82, 2.24) is 30.1 Å². The van der Waals surface area contributed by atoms with Crippen LogP contribution in [0.2, 0.25) is 0 Å². The van der Waals surface area contributed by atoms with Crippen LogP contribution in [0, 0.1) is 6.92 Å². The molecular formula is C28H34N8OS. The van der Waals surface area contributed by atoms with Gasteiger partial charge in [0, 0.05) is 52.2 Å². The number of pyridine rings is 2. The molecule has 0 atom stereocenters. The summed E-state index contributed by atoms with van der Waals surface area (Å²) in [6, 6.07) is 16.6. The molecule has 1 aliphatic heterocycles. The Morgan fingerprint density at radius 2 is 1.84 bits per heavy atom. The van der Waals surface area contributed by atoms with Gasteiger partial charge in [0.25, 0.3) is 0 Å². The van der Waals surface area contributed by atoms with Crippen LogP contribution in [0.25, 0.3) is 10.3 Å². The van der Waals surface area contributed by atoms with E-state index in [1.165, 1.54) is 22.5 Å². The zero-order valence-corrected chi connectivity index (χ0v) is 23.0. The smallest absolute Gasteiger partial charge is 0.317 e. The van der Waals surface area contributed by atoms with E-state index in [0.29, 0.717) is 0 Å². The van der Waals surface area contributed by atoms with Crippen LogP contribution in [0.5, 0.6) is 0 Å². The van der Waals surface area contributed by atoms with Crippen LogP contribution in [0.3, 0.4) is 0 Å². The van der Waals surface area contributed by atoms with Crippen molar-refractivity contribution in [2.75, 3.05) is 57.0 Å². The maximum atomic E-state index is 11.8. The number of aromatic nitrogens is 3. The Hall–Kier alpha value is -3.76. The van der Waals surface area contributed by atoms with Gasteiger partial charge in [-0.25, -0.2) is 19.7 Å². The van der Waals surface area contributed by atoms with Gasteiger partial charge in [-0.05, 0) is 68.3 Å². The van der Waals surface area contributed by atoms with Crippen molar-refractivity contribution in [2.24, 2.45) is 0 Å². The quantitative estimate of drug-likeness (QED) is 0.338. The van der Waals surface area contributed by atoms with Gasteiger partial charge in [-0.15, -0.1) is 0 Å². The number of carbonyl (C=O) groups is 1. The molecule has 0 aliphatic carbocycles. The highest BCUT2D eigenvalue weighted by Crippen LogP contribution is 2.30. The summed E-state index contributed by atoms with van der Waals surface area (Å²) in [7, 11) is 3.71. The van der Waals surface area contributed by atoms with E-state index >= 15 is 0 Å². The number of nitrogens with zero attached hydrogens (tertiary/aromatic N) is 6. The lowest BCUT2D eigenvalue weighted by atomic mass is 10.1. The van der Waals surface area contributed by atoms with E-state index in [1.54, 1.807) is 7.05 Å². The first kappa shape index (κ1) is 25.9. The number of piperazine rings is 1. The monoisotopic (exact) mass is 530 g/mol. The number of carbonyl (C=O) groups excluding carboxylic acids is 1. The van der Waals surface area contributed by atoms with Gasteiger partial charge in [0.05, 0.1) is 0 Å². The maximum Gasteiger partial charge on any atom is 0.317 e. The number of amides is 2. The summed E-state index contributed by atoms with van der Waals surface area (Å²) < 4.78 is 0. The highest BCUT2D eigenvalue weighted by Gasteiger charge is 2.19. The van der Waals surface area contributed by atoms with Gasteiger partial charge in [-0.3, -0.25) is 4.90 Å². The Balaban J connectivity index is 1.17.